The van der Waals surface area contributed by atoms with Gasteiger partial charge in [-0.1, -0.05) is 17.4 Å². The molecule has 3 nitrogen and oxygen atoms in total. The Bertz CT molecular complexity index is 770. The fourth-order valence-electron chi connectivity index (χ4n) is 1.93. The molecular weight excluding hydrogens is 275 g/mol. The first-order valence-electron chi connectivity index (χ1n) is 6.13. The van der Waals surface area contributed by atoms with Gasteiger partial charge in [-0.25, -0.2) is 9.37 Å². The van der Waals surface area contributed by atoms with Crippen molar-refractivity contribution in [2.24, 2.45) is 0 Å². The Labute approximate surface area is 120 Å². The number of aromatic nitrogens is 1. The molecule has 0 aliphatic rings. The van der Waals surface area contributed by atoms with E-state index in [1.807, 2.05) is 25.1 Å². The van der Waals surface area contributed by atoms with E-state index in [1.165, 1.54) is 17.4 Å². The zero-order valence-corrected chi connectivity index (χ0v) is 11.9. The molecule has 3 rings (SSSR count). The molecule has 3 aromatic rings. The number of nitrogens with one attached hydrogen (secondary N) is 1. The number of ether oxygens (including phenoxy) is 1. The van der Waals surface area contributed by atoms with Gasteiger partial charge in [0.15, 0.2) is 5.13 Å². The van der Waals surface area contributed by atoms with Gasteiger partial charge in [0.25, 0.3) is 0 Å². The van der Waals surface area contributed by atoms with Gasteiger partial charge in [0, 0.05) is 6.07 Å². The number of rotatable bonds is 3. The predicted octanol–water partition coefficient (Wildman–Crippen LogP) is 4.50. The number of methoxy groups -OCH3 is 1. The van der Waals surface area contributed by atoms with Crippen molar-refractivity contribution in [2.45, 2.75) is 6.92 Å². The summed E-state index contributed by atoms with van der Waals surface area (Å²) in [5.74, 6) is 0.270. The summed E-state index contributed by atoms with van der Waals surface area (Å²) in [5, 5.41) is 3.67. The smallest absolute Gasteiger partial charge is 0.188 e. The molecule has 0 spiro atoms. The van der Waals surface area contributed by atoms with Gasteiger partial charge in [0.2, 0.25) is 0 Å². The van der Waals surface area contributed by atoms with E-state index in [9.17, 15) is 4.39 Å². The highest BCUT2D eigenvalue weighted by atomic mass is 32.1. The fraction of sp³-hybridized carbons (Fsp3) is 0.133. The molecule has 0 atom stereocenters. The minimum Gasteiger partial charge on any atom is -0.497 e. The van der Waals surface area contributed by atoms with Crippen LogP contribution in [0.2, 0.25) is 0 Å². The van der Waals surface area contributed by atoms with Crippen LogP contribution in [0.4, 0.5) is 15.2 Å². The number of hydrogen-bond donors (Lipinski definition) is 1. The molecule has 0 saturated carbocycles. The van der Waals surface area contributed by atoms with Crippen LogP contribution in [0.5, 0.6) is 5.75 Å². The summed E-state index contributed by atoms with van der Waals surface area (Å²) in [6.45, 7) is 2.02. The van der Waals surface area contributed by atoms with Crippen LogP contribution in [-0.2, 0) is 0 Å². The number of aryl methyl sites for hydroxylation is 1. The summed E-state index contributed by atoms with van der Waals surface area (Å²) >= 11 is 1.49. The number of halogens is 1. The normalized spacial score (nSPS) is 10.8. The second-order valence-corrected chi connectivity index (χ2v) is 5.49. The lowest BCUT2D eigenvalue weighted by atomic mass is 10.2. The first kappa shape index (κ1) is 12.9. The average molecular weight is 288 g/mol. The van der Waals surface area contributed by atoms with E-state index in [4.69, 9.17) is 4.74 Å². The molecule has 20 heavy (non-hydrogen) atoms. The highest BCUT2D eigenvalue weighted by Crippen LogP contribution is 2.31. The third-order valence-electron chi connectivity index (χ3n) is 2.96. The molecule has 0 aliphatic carbocycles. The maximum Gasteiger partial charge on any atom is 0.188 e. The van der Waals surface area contributed by atoms with Gasteiger partial charge >= 0.3 is 0 Å². The van der Waals surface area contributed by atoms with E-state index in [-0.39, 0.29) is 5.82 Å². The van der Waals surface area contributed by atoms with E-state index in [0.717, 1.165) is 15.8 Å². The van der Waals surface area contributed by atoms with Crippen LogP contribution < -0.4 is 10.1 Å². The Morgan fingerprint density at radius 1 is 1.20 bits per heavy atom. The van der Waals surface area contributed by atoms with Crippen molar-refractivity contribution < 1.29 is 9.13 Å². The topological polar surface area (TPSA) is 34.1 Å². The molecule has 1 heterocycles. The molecule has 2 aromatic carbocycles. The lowest BCUT2D eigenvalue weighted by molar-refractivity contribution is 0.414. The van der Waals surface area contributed by atoms with Gasteiger partial charge in [-0.15, -0.1) is 0 Å². The van der Waals surface area contributed by atoms with E-state index in [2.05, 4.69) is 10.3 Å². The van der Waals surface area contributed by atoms with Gasteiger partial charge in [-0.2, -0.15) is 0 Å². The molecule has 0 amide bonds. The number of thiazole rings is 1. The summed E-state index contributed by atoms with van der Waals surface area (Å²) in [6.07, 6.45) is 0. The largest absolute Gasteiger partial charge is 0.497 e. The van der Waals surface area contributed by atoms with E-state index in [1.54, 1.807) is 19.2 Å². The molecule has 0 saturated heterocycles. The van der Waals surface area contributed by atoms with Crippen molar-refractivity contribution in [2.75, 3.05) is 12.4 Å². The van der Waals surface area contributed by atoms with Gasteiger partial charge in [0.05, 0.1) is 23.0 Å². The number of fused-ring (bicyclic) bond motifs is 1. The monoisotopic (exact) mass is 288 g/mol. The molecule has 1 N–H and O–H groups in total. The summed E-state index contributed by atoms with van der Waals surface area (Å²) < 4.78 is 19.9. The van der Waals surface area contributed by atoms with Crippen LogP contribution in [0.25, 0.3) is 10.2 Å². The molecule has 0 unspecified atom stereocenters. The van der Waals surface area contributed by atoms with Crippen molar-refractivity contribution in [3.63, 3.8) is 0 Å². The quantitative estimate of drug-likeness (QED) is 0.770. The number of nitrogens with zero attached hydrogens (tertiary/aromatic N) is 1. The van der Waals surface area contributed by atoms with Crippen molar-refractivity contribution in [3.8, 4) is 5.75 Å². The Morgan fingerprint density at radius 2 is 2.05 bits per heavy atom. The number of anilines is 2. The van der Waals surface area contributed by atoms with Crippen LogP contribution in [0.15, 0.2) is 36.4 Å². The Balaban J connectivity index is 1.96. The van der Waals surface area contributed by atoms with Crippen LogP contribution in [0.1, 0.15) is 5.56 Å². The van der Waals surface area contributed by atoms with Crippen LogP contribution in [0.3, 0.4) is 0 Å². The zero-order valence-electron chi connectivity index (χ0n) is 11.1. The fourth-order valence-corrected chi connectivity index (χ4v) is 2.79. The predicted molar refractivity (Wildman–Crippen MR) is 80.6 cm³/mol. The van der Waals surface area contributed by atoms with Crippen LogP contribution in [-0.4, -0.2) is 12.1 Å². The van der Waals surface area contributed by atoms with Gasteiger partial charge in [0.1, 0.15) is 11.6 Å². The van der Waals surface area contributed by atoms with Crippen molar-refractivity contribution in [3.05, 3.63) is 47.8 Å². The molecule has 0 aliphatic heterocycles. The van der Waals surface area contributed by atoms with Gasteiger partial charge < -0.3 is 10.1 Å². The molecule has 102 valence electrons. The molecule has 0 bridgehead atoms. The second-order valence-electron chi connectivity index (χ2n) is 4.46. The highest BCUT2D eigenvalue weighted by Gasteiger charge is 2.08. The lowest BCUT2D eigenvalue weighted by Crippen LogP contribution is -1.94. The second kappa shape index (κ2) is 5.09. The van der Waals surface area contributed by atoms with Crippen LogP contribution >= 0.6 is 11.3 Å². The summed E-state index contributed by atoms with van der Waals surface area (Å²) in [5.41, 5.74) is 2.43. The van der Waals surface area contributed by atoms with E-state index < -0.39 is 0 Å². The Morgan fingerprint density at radius 3 is 2.85 bits per heavy atom. The third kappa shape index (κ3) is 2.44. The Hall–Kier alpha value is -2.14. The van der Waals surface area contributed by atoms with Gasteiger partial charge in [-0.3, -0.25) is 0 Å². The minimum atomic E-state index is -0.332. The van der Waals surface area contributed by atoms with E-state index in [0.29, 0.717) is 16.6 Å². The van der Waals surface area contributed by atoms with Crippen LogP contribution in [0, 0.1) is 12.7 Å². The molecule has 0 fully saturated rings. The minimum absolute atomic E-state index is 0.332. The first-order valence-corrected chi connectivity index (χ1v) is 6.95. The molecular formula is C15H13FN2OS. The average Bonchev–Trinajstić information content (AvgIpc) is 2.82. The van der Waals surface area contributed by atoms with E-state index >= 15 is 0 Å². The summed E-state index contributed by atoms with van der Waals surface area (Å²) in [4.78, 5) is 4.47. The Kier molecular flexibility index (Phi) is 3.28. The summed E-state index contributed by atoms with van der Waals surface area (Å²) in [6, 6.07) is 10.7. The molecule has 5 heteroatoms. The van der Waals surface area contributed by atoms with Crippen molar-refractivity contribution >= 4 is 32.4 Å². The lowest BCUT2D eigenvalue weighted by Gasteiger charge is -2.06. The summed E-state index contributed by atoms with van der Waals surface area (Å²) in [7, 11) is 1.55. The maximum absolute atomic E-state index is 13.8. The van der Waals surface area contributed by atoms with Crippen molar-refractivity contribution in [1.29, 1.82) is 0 Å². The molecule has 1 aromatic heterocycles. The highest BCUT2D eigenvalue weighted by molar-refractivity contribution is 7.22. The van der Waals surface area contributed by atoms with Gasteiger partial charge in [-0.05, 0) is 36.8 Å². The van der Waals surface area contributed by atoms with Crippen molar-refractivity contribution in [1.82, 2.24) is 4.98 Å². The zero-order chi connectivity index (χ0) is 14.1. The maximum atomic E-state index is 13.8. The number of hydrogen-bond acceptors (Lipinski definition) is 4. The standard InChI is InChI=1S/C15H13FN2OS/c1-9-3-6-14-13(7-9)18-15(20-14)17-12-8-10(19-2)4-5-11(12)16/h3-8H,1-2H3,(H,17,18). The first-order chi connectivity index (χ1) is 9.65. The SMILES string of the molecule is COc1ccc(F)c(Nc2nc3cc(C)ccc3s2)c1. The third-order valence-corrected chi connectivity index (χ3v) is 3.91. The number of benzene rings is 2. The molecule has 0 radical (unpaired) electrons.